The Hall–Kier alpha value is -2.12. The van der Waals surface area contributed by atoms with E-state index in [9.17, 15) is 9.59 Å². The lowest BCUT2D eigenvalue weighted by Gasteiger charge is -2.08. The Morgan fingerprint density at radius 1 is 1.25 bits per heavy atom. The van der Waals surface area contributed by atoms with E-state index in [1.807, 2.05) is 24.3 Å². The van der Waals surface area contributed by atoms with Crippen LogP contribution in [0.3, 0.4) is 0 Å². The molecular formula is C16H17ClN4O2S. The largest absolute Gasteiger partial charge is 0.342 e. The number of rotatable bonds is 6. The second-order valence-electron chi connectivity index (χ2n) is 4.83. The van der Waals surface area contributed by atoms with Gasteiger partial charge in [-0.1, -0.05) is 42.4 Å². The number of anilines is 1. The number of nitrogens with one attached hydrogen (secondary N) is 2. The first-order valence-electron chi connectivity index (χ1n) is 7.27. The van der Waals surface area contributed by atoms with Crippen LogP contribution in [-0.2, 0) is 11.2 Å². The number of carbonyl (C=O) groups excluding carboxylic acids is 2. The van der Waals surface area contributed by atoms with Gasteiger partial charge in [-0.3, -0.25) is 9.59 Å². The van der Waals surface area contributed by atoms with E-state index >= 15 is 0 Å². The predicted molar refractivity (Wildman–Crippen MR) is 95.6 cm³/mol. The van der Waals surface area contributed by atoms with Crippen molar-refractivity contribution in [2.75, 3.05) is 18.1 Å². The van der Waals surface area contributed by atoms with E-state index in [2.05, 4.69) is 27.5 Å². The van der Waals surface area contributed by atoms with Gasteiger partial charge in [-0.05, 0) is 30.4 Å². The van der Waals surface area contributed by atoms with Gasteiger partial charge in [0.15, 0.2) is 10.9 Å². The first kappa shape index (κ1) is 18.2. The maximum atomic E-state index is 12.1. The number of hydrogen-bond donors (Lipinski definition) is 2. The number of halogens is 1. The van der Waals surface area contributed by atoms with Crippen molar-refractivity contribution in [2.24, 2.45) is 0 Å². The second-order valence-corrected chi connectivity index (χ2v) is 6.02. The van der Waals surface area contributed by atoms with Gasteiger partial charge < -0.3 is 10.6 Å². The van der Waals surface area contributed by atoms with Gasteiger partial charge in [0.1, 0.15) is 0 Å². The Morgan fingerprint density at radius 3 is 2.58 bits per heavy atom. The Kier molecular flexibility index (Phi) is 6.57. The van der Waals surface area contributed by atoms with Crippen LogP contribution in [0.25, 0.3) is 0 Å². The molecule has 0 bridgehead atoms. The molecule has 0 aliphatic rings. The van der Waals surface area contributed by atoms with Crippen LogP contribution < -0.4 is 10.6 Å². The van der Waals surface area contributed by atoms with E-state index in [1.54, 1.807) is 6.26 Å². The summed E-state index contributed by atoms with van der Waals surface area (Å²) in [5, 5.41) is 5.79. The van der Waals surface area contributed by atoms with Gasteiger partial charge in [-0.2, -0.15) is 0 Å². The molecule has 0 radical (unpaired) electrons. The minimum Gasteiger partial charge on any atom is -0.342 e. The third kappa shape index (κ3) is 4.94. The van der Waals surface area contributed by atoms with E-state index in [1.165, 1.54) is 23.5 Å². The quantitative estimate of drug-likeness (QED) is 0.608. The average molecular weight is 365 g/mol. The zero-order valence-electron chi connectivity index (χ0n) is 13.3. The first-order valence-corrected chi connectivity index (χ1v) is 8.87. The smallest absolute Gasteiger partial charge is 0.272 e. The van der Waals surface area contributed by atoms with Crippen molar-refractivity contribution in [3.05, 3.63) is 46.7 Å². The molecule has 0 unspecified atom stereocenters. The number of benzene rings is 1. The highest BCUT2D eigenvalue weighted by Crippen LogP contribution is 2.16. The first-order chi connectivity index (χ1) is 11.5. The van der Waals surface area contributed by atoms with Gasteiger partial charge in [-0.15, -0.1) is 0 Å². The van der Waals surface area contributed by atoms with Crippen molar-refractivity contribution in [3.63, 3.8) is 0 Å². The highest BCUT2D eigenvalue weighted by Gasteiger charge is 2.15. The normalized spacial score (nSPS) is 10.3. The maximum absolute atomic E-state index is 12.1. The van der Waals surface area contributed by atoms with E-state index in [0.717, 1.165) is 6.42 Å². The lowest BCUT2D eigenvalue weighted by atomic mass is 10.1. The molecule has 1 aromatic carbocycles. The second kappa shape index (κ2) is 8.65. The van der Waals surface area contributed by atoms with E-state index < -0.39 is 5.91 Å². The van der Waals surface area contributed by atoms with Crippen LogP contribution >= 0.6 is 23.4 Å². The predicted octanol–water partition coefficient (Wildman–Crippen LogP) is 2.78. The zero-order chi connectivity index (χ0) is 17.5. The van der Waals surface area contributed by atoms with E-state index in [-0.39, 0.29) is 23.2 Å². The van der Waals surface area contributed by atoms with Crippen molar-refractivity contribution < 1.29 is 9.59 Å². The lowest BCUT2D eigenvalue weighted by molar-refractivity contribution is -0.115. The molecule has 0 saturated heterocycles. The molecule has 8 heteroatoms. The molecular weight excluding hydrogens is 348 g/mol. The van der Waals surface area contributed by atoms with E-state index in [4.69, 9.17) is 11.6 Å². The van der Waals surface area contributed by atoms with Crippen LogP contribution in [0.5, 0.6) is 0 Å². The average Bonchev–Trinajstić information content (AvgIpc) is 2.60. The number of nitrogens with zero attached hydrogens (tertiary/aromatic N) is 2. The van der Waals surface area contributed by atoms with Gasteiger partial charge in [0, 0.05) is 5.69 Å². The molecule has 1 heterocycles. The maximum Gasteiger partial charge on any atom is 0.272 e. The summed E-state index contributed by atoms with van der Waals surface area (Å²) in [6.07, 6.45) is 4.09. The zero-order valence-corrected chi connectivity index (χ0v) is 14.9. The Bertz CT molecular complexity index is 737. The monoisotopic (exact) mass is 364 g/mol. The van der Waals surface area contributed by atoms with Gasteiger partial charge in [0.05, 0.1) is 17.8 Å². The number of aromatic nitrogens is 2. The minimum atomic E-state index is -0.519. The summed E-state index contributed by atoms with van der Waals surface area (Å²) in [5.41, 5.74) is 1.91. The molecule has 2 aromatic rings. The molecule has 0 aliphatic heterocycles. The minimum absolute atomic E-state index is 0.0520. The molecule has 1 aromatic heterocycles. The molecule has 0 saturated carbocycles. The summed E-state index contributed by atoms with van der Waals surface area (Å²) in [6.45, 7) is 1.88. The summed E-state index contributed by atoms with van der Waals surface area (Å²) in [7, 11) is 0. The molecule has 0 aliphatic carbocycles. The number of aryl methyl sites for hydroxylation is 1. The fourth-order valence-electron chi connectivity index (χ4n) is 1.88. The number of carbonyl (C=O) groups is 2. The fraction of sp³-hybridized carbons (Fsp3) is 0.250. The third-order valence-electron chi connectivity index (χ3n) is 3.18. The number of amides is 2. The van der Waals surface area contributed by atoms with Crippen LogP contribution in [-0.4, -0.2) is 34.6 Å². The topological polar surface area (TPSA) is 84.0 Å². The van der Waals surface area contributed by atoms with Crippen LogP contribution in [0.15, 0.2) is 35.6 Å². The number of thioether (sulfide) groups is 1. The van der Waals surface area contributed by atoms with Crippen LogP contribution in [0.1, 0.15) is 23.0 Å². The molecule has 126 valence electrons. The SMILES string of the molecule is CCc1ccc(NC(=O)CNC(=O)c2nc(SC)ncc2Cl)cc1. The van der Waals surface area contributed by atoms with Crippen molar-refractivity contribution in [1.82, 2.24) is 15.3 Å². The third-order valence-corrected chi connectivity index (χ3v) is 4.01. The van der Waals surface area contributed by atoms with Gasteiger partial charge >= 0.3 is 0 Å². The van der Waals surface area contributed by atoms with Crippen molar-refractivity contribution in [1.29, 1.82) is 0 Å². The van der Waals surface area contributed by atoms with Crippen LogP contribution in [0, 0.1) is 0 Å². The number of hydrogen-bond acceptors (Lipinski definition) is 5. The molecule has 2 N–H and O–H groups in total. The van der Waals surface area contributed by atoms with Crippen molar-refractivity contribution in [3.8, 4) is 0 Å². The lowest BCUT2D eigenvalue weighted by Crippen LogP contribution is -2.33. The molecule has 0 atom stereocenters. The summed E-state index contributed by atoms with van der Waals surface area (Å²) in [5.74, 6) is -0.850. The molecule has 0 spiro atoms. The molecule has 2 amide bonds. The Balaban J connectivity index is 1.92. The summed E-state index contributed by atoms with van der Waals surface area (Å²) >= 11 is 7.22. The van der Waals surface area contributed by atoms with Crippen molar-refractivity contribution >= 4 is 40.9 Å². The van der Waals surface area contributed by atoms with Crippen LogP contribution in [0.2, 0.25) is 5.02 Å². The van der Waals surface area contributed by atoms with Crippen LogP contribution in [0.4, 0.5) is 5.69 Å². The fourth-order valence-corrected chi connectivity index (χ4v) is 2.40. The van der Waals surface area contributed by atoms with Gasteiger partial charge in [-0.25, -0.2) is 9.97 Å². The summed E-state index contributed by atoms with van der Waals surface area (Å²) in [6, 6.07) is 7.53. The molecule has 6 nitrogen and oxygen atoms in total. The summed E-state index contributed by atoms with van der Waals surface area (Å²) < 4.78 is 0. The molecule has 0 fully saturated rings. The highest BCUT2D eigenvalue weighted by atomic mass is 35.5. The van der Waals surface area contributed by atoms with Gasteiger partial charge in [0.25, 0.3) is 5.91 Å². The van der Waals surface area contributed by atoms with Crippen molar-refractivity contribution in [2.45, 2.75) is 18.5 Å². The molecule has 2 rings (SSSR count). The molecule has 24 heavy (non-hydrogen) atoms. The van der Waals surface area contributed by atoms with Gasteiger partial charge in [0.2, 0.25) is 5.91 Å². The Morgan fingerprint density at radius 2 is 1.96 bits per heavy atom. The highest BCUT2D eigenvalue weighted by molar-refractivity contribution is 7.98. The summed E-state index contributed by atoms with van der Waals surface area (Å²) in [4.78, 5) is 32.0. The Labute approximate surface area is 149 Å². The van der Waals surface area contributed by atoms with E-state index in [0.29, 0.717) is 10.8 Å². The standard InChI is InChI=1S/C16H17ClN4O2S/c1-3-10-4-6-11(7-5-10)20-13(22)9-18-15(23)14-12(17)8-19-16(21-14)24-2/h4-8H,3,9H2,1-2H3,(H,18,23)(H,20,22).